The van der Waals surface area contributed by atoms with Crippen LogP contribution >= 0.6 is 0 Å². The lowest BCUT2D eigenvalue weighted by Crippen LogP contribution is -2.44. The van der Waals surface area contributed by atoms with Crippen LogP contribution in [0.4, 0.5) is 15.8 Å². The predicted molar refractivity (Wildman–Crippen MR) is 149 cm³/mol. The summed E-state index contributed by atoms with van der Waals surface area (Å²) in [6.45, 7) is 7.49. The van der Waals surface area contributed by atoms with E-state index in [9.17, 15) is 4.79 Å². The maximum Gasteiger partial charge on any atom is 0.255 e. The lowest BCUT2D eigenvalue weighted by molar-refractivity contribution is 0.0342. The fourth-order valence-corrected chi connectivity index (χ4v) is 5.00. The molecule has 2 saturated heterocycles. The van der Waals surface area contributed by atoms with Gasteiger partial charge in [-0.05, 0) is 60.6 Å². The minimum absolute atomic E-state index is 0.238. The second kappa shape index (κ2) is 11.9. The molecule has 1 N–H and O–H groups in total. The van der Waals surface area contributed by atoms with E-state index in [1.165, 1.54) is 6.07 Å². The summed E-state index contributed by atoms with van der Waals surface area (Å²) < 4.78 is 25.9. The van der Waals surface area contributed by atoms with E-state index < -0.39 is 0 Å². The van der Waals surface area contributed by atoms with Crippen LogP contribution in [0.3, 0.4) is 0 Å². The molecular weight excluding hydrogens is 483 g/mol. The zero-order valence-corrected chi connectivity index (χ0v) is 22.1. The molecule has 2 aliphatic heterocycles. The fourth-order valence-electron chi connectivity index (χ4n) is 5.00. The second-order valence-corrected chi connectivity index (χ2v) is 9.91. The molecule has 3 aromatic carbocycles. The number of halogens is 1. The third-order valence-corrected chi connectivity index (χ3v) is 7.27. The third-order valence-electron chi connectivity index (χ3n) is 7.27. The average Bonchev–Trinajstić information content (AvgIpc) is 2.95. The minimum Gasteiger partial charge on any atom is -0.497 e. The topological polar surface area (TPSA) is 57.3 Å². The Hall–Kier alpha value is -3.46. The average molecular weight is 519 g/mol. The Balaban J connectivity index is 1.47. The molecule has 2 heterocycles. The first-order chi connectivity index (χ1) is 18.5. The van der Waals surface area contributed by atoms with E-state index in [0.717, 1.165) is 75.8 Å². The highest BCUT2D eigenvalue weighted by Crippen LogP contribution is 2.34. The summed E-state index contributed by atoms with van der Waals surface area (Å²) in [7, 11) is 3.69. The Morgan fingerprint density at radius 2 is 1.76 bits per heavy atom. The first-order valence-electron chi connectivity index (χ1n) is 13.1. The lowest BCUT2D eigenvalue weighted by Gasteiger charge is -2.35. The Labute approximate surface area is 223 Å². The molecule has 7 nitrogen and oxygen atoms in total. The number of hydrogen-bond acceptors (Lipinski definition) is 6. The van der Waals surface area contributed by atoms with Crippen LogP contribution in [0.5, 0.6) is 5.75 Å². The van der Waals surface area contributed by atoms with E-state index in [1.807, 2.05) is 30.3 Å². The number of hydrogen-bond donors (Lipinski definition) is 1. The molecule has 0 bridgehead atoms. The molecule has 200 valence electrons. The molecule has 0 aromatic heterocycles. The largest absolute Gasteiger partial charge is 0.497 e. The van der Waals surface area contributed by atoms with Gasteiger partial charge in [0.05, 0.1) is 31.7 Å². The second-order valence-electron chi connectivity index (χ2n) is 9.91. The number of piperazine rings is 1. The van der Waals surface area contributed by atoms with E-state index >= 15 is 4.39 Å². The maximum absolute atomic E-state index is 15.1. The van der Waals surface area contributed by atoms with Crippen molar-refractivity contribution in [2.45, 2.75) is 6.54 Å². The first-order valence-corrected chi connectivity index (χ1v) is 13.1. The highest BCUT2D eigenvalue weighted by molar-refractivity contribution is 6.06. The highest BCUT2D eigenvalue weighted by atomic mass is 19.1. The van der Waals surface area contributed by atoms with E-state index in [0.29, 0.717) is 22.6 Å². The number of benzene rings is 3. The number of nitrogens with zero attached hydrogens (tertiary/aromatic N) is 3. The molecule has 38 heavy (non-hydrogen) atoms. The van der Waals surface area contributed by atoms with Gasteiger partial charge in [-0.15, -0.1) is 0 Å². The van der Waals surface area contributed by atoms with Gasteiger partial charge in [0, 0.05) is 56.9 Å². The Kier molecular flexibility index (Phi) is 8.22. The Morgan fingerprint density at radius 3 is 2.53 bits per heavy atom. The van der Waals surface area contributed by atoms with E-state index in [2.05, 4.69) is 27.1 Å². The first kappa shape index (κ1) is 26.2. The van der Waals surface area contributed by atoms with Crippen molar-refractivity contribution in [3.63, 3.8) is 0 Å². The maximum atomic E-state index is 15.1. The summed E-state index contributed by atoms with van der Waals surface area (Å²) in [5.74, 6) is 0.0935. The van der Waals surface area contributed by atoms with Crippen molar-refractivity contribution >= 4 is 17.3 Å². The number of likely N-dealkylation sites (N-methyl/N-ethyl adjacent to an activating group) is 1. The molecule has 1 amide bonds. The SMILES string of the molecule is COc1cccc(C(=O)Nc2cc(-c3cc(CN4CCOCC4)ccc3F)ccc2N2CCN(C)CC2)c1. The van der Waals surface area contributed by atoms with Crippen LogP contribution in [0.25, 0.3) is 11.1 Å². The van der Waals surface area contributed by atoms with Gasteiger partial charge in [-0.25, -0.2) is 4.39 Å². The van der Waals surface area contributed by atoms with Crippen LogP contribution in [-0.2, 0) is 11.3 Å². The molecule has 5 rings (SSSR count). The van der Waals surface area contributed by atoms with Gasteiger partial charge >= 0.3 is 0 Å². The number of ether oxygens (including phenoxy) is 2. The fraction of sp³-hybridized carbons (Fsp3) is 0.367. The molecule has 0 aliphatic carbocycles. The molecule has 0 atom stereocenters. The number of amides is 1. The lowest BCUT2D eigenvalue weighted by atomic mass is 10.00. The molecule has 0 unspecified atom stereocenters. The monoisotopic (exact) mass is 518 g/mol. The molecular formula is C30H35FN4O3. The number of anilines is 2. The van der Waals surface area contributed by atoms with Gasteiger partial charge < -0.3 is 24.6 Å². The third kappa shape index (κ3) is 6.15. The van der Waals surface area contributed by atoms with Crippen LogP contribution in [0.15, 0.2) is 60.7 Å². The number of rotatable bonds is 7. The molecule has 8 heteroatoms. The van der Waals surface area contributed by atoms with Crippen LogP contribution < -0.4 is 15.0 Å². The summed E-state index contributed by atoms with van der Waals surface area (Å²) in [5.41, 5.74) is 4.40. The van der Waals surface area contributed by atoms with Gasteiger partial charge in [-0.3, -0.25) is 9.69 Å². The van der Waals surface area contributed by atoms with Gasteiger partial charge in [0.2, 0.25) is 0 Å². The molecule has 0 spiro atoms. The van der Waals surface area contributed by atoms with Crippen molar-refractivity contribution in [1.82, 2.24) is 9.80 Å². The number of carbonyl (C=O) groups is 1. The normalized spacial score (nSPS) is 16.9. The van der Waals surface area contributed by atoms with Gasteiger partial charge in [0.1, 0.15) is 11.6 Å². The van der Waals surface area contributed by atoms with Gasteiger partial charge in [-0.1, -0.05) is 18.2 Å². The highest BCUT2D eigenvalue weighted by Gasteiger charge is 2.20. The molecule has 0 radical (unpaired) electrons. The molecule has 0 saturated carbocycles. The van der Waals surface area contributed by atoms with Crippen molar-refractivity contribution in [3.05, 3.63) is 77.6 Å². The molecule has 2 aliphatic rings. The van der Waals surface area contributed by atoms with Crippen LogP contribution in [-0.4, -0.2) is 82.3 Å². The van der Waals surface area contributed by atoms with Crippen molar-refractivity contribution in [2.75, 3.05) is 76.9 Å². The summed E-state index contributed by atoms with van der Waals surface area (Å²) in [6, 6.07) is 18.2. The standard InChI is InChI=1S/C30H35FN4O3/c1-33-10-12-35(13-11-33)29-9-7-23(20-28(29)32-30(36)24-4-3-5-25(19-24)37-2)26-18-22(6-8-27(26)31)21-34-14-16-38-17-15-34/h3-9,18-20H,10-17,21H2,1-2H3,(H,32,36). The summed E-state index contributed by atoms with van der Waals surface area (Å²) in [4.78, 5) is 20.2. The summed E-state index contributed by atoms with van der Waals surface area (Å²) in [5, 5.41) is 3.10. The van der Waals surface area contributed by atoms with Gasteiger partial charge in [0.15, 0.2) is 0 Å². The van der Waals surface area contributed by atoms with Gasteiger partial charge in [0.25, 0.3) is 5.91 Å². The summed E-state index contributed by atoms with van der Waals surface area (Å²) >= 11 is 0. The van der Waals surface area contributed by atoms with Crippen LogP contribution in [0.1, 0.15) is 15.9 Å². The zero-order chi connectivity index (χ0) is 26.5. The number of carbonyl (C=O) groups excluding carboxylic acids is 1. The smallest absolute Gasteiger partial charge is 0.255 e. The number of methoxy groups -OCH3 is 1. The molecule has 2 fully saturated rings. The van der Waals surface area contributed by atoms with E-state index in [4.69, 9.17) is 9.47 Å². The van der Waals surface area contributed by atoms with Crippen molar-refractivity contribution in [3.8, 4) is 16.9 Å². The van der Waals surface area contributed by atoms with Crippen molar-refractivity contribution in [1.29, 1.82) is 0 Å². The Bertz CT molecular complexity index is 1270. The van der Waals surface area contributed by atoms with Crippen molar-refractivity contribution in [2.24, 2.45) is 0 Å². The zero-order valence-electron chi connectivity index (χ0n) is 22.1. The molecule has 3 aromatic rings. The van der Waals surface area contributed by atoms with E-state index in [-0.39, 0.29) is 11.7 Å². The van der Waals surface area contributed by atoms with Crippen molar-refractivity contribution < 1.29 is 18.7 Å². The number of morpholine rings is 1. The predicted octanol–water partition coefficient (Wildman–Crippen LogP) is 4.34. The Morgan fingerprint density at radius 1 is 0.974 bits per heavy atom. The summed E-state index contributed by atoms with van der Waals surface area (Å²) in [6.07, 6.45) is 0. The van der Waals surface area contributed by atoms with E-state index in [1.54, 1.807) is 31.4 Å². The minimum atomic E-state index is -0.284. The van der Waals surface area contributed by atoms with Gasteiger partial charge in [-0.2, -0.15) is 0 Å². The van der Waals surface area contributed by atoms with Crippen LogP contribution in [0, 0.1) is 5.82 Å². The number of nitrogens with one attached hydrogen (secondary N) is 1. The van der Waals surface area contributed by atoms with Crippen LogP contribution in [0.2, 0.25) is 0 Å². The quantitative estimate of drug-likeness (QED) is 0.502.